The SMILES string of the molecule is CN=C(NCCc1ncc(C)s1)NCC(C)Oc1ccccc1C.I. The van der Waals surface area contributed by atoms with Crippen LogP contribution >= 0.6 is 35.3 Å². The fourth-order valence-corrected chi connectivity index (χ4v) is 3.00. The van der Waals surface area contributed by atoms with Gasteiger partial charge < -0.3 is 15.4 Å². The van der Waals surface area contributed by atoms with Crippen molar-refractivity contribution in [3.63, 3.8) is 0 Å². The van der Waals surface area contributed by atoms with E-state index < -0.39 is 0 Å². The predicted molar refractivity (Wildman–Crippen MR) is 117 cm³/mol. The molecular weight excluding hydrogens is 447 g/mol. The van der Waals surface area contributed by atoms with Gasteiger partial charge in [0.15, 0.2) is 5.96 Å². The van der Waals surface area contributed by atoms with E-state index in [-0.39, 0.29) is 30.1 Å². The Morgan fingerprint density at radius 3 is 2.68 bits per heavy atom. The summed E-state index contributed by atoms with van der Waals surface area (Å²) in [7, 11) is 1.77. The Hall–Kier alpha value is -1.35. The summed E-state index contributed by atoms with van der Waals surface area (Å²) < 4.78 is 5.96. The molecule has 1 aromatic heterocycles. The number of aliphatic imine (C=N–C) groups is 1. The number of nitrogens with one attached hydrogen (secondary N) is 2. The van der Waals surface area contributed by atoms with Gasteiger partial charge in [-0.25, -0.2) is 4.98 Å². The predicted octanol–water partition coefficient (Wildman–Crippen LogP) is 3.55. The van der Waals surface area contributed by atoms with Gasteiger partial charge in [-0.15, -0.1) is 35.3 Å². The van der Waals surface area contributed by atoms with Crippen LogP contribution in [0.1, 0.15) is 22.4 Å². The van der Waals surface area contributed by atoms with Gasteiger partial charge in [-0.2, -0.15) is 0 Å². The lowest BCUT2D eigenvalue weighted by molar-refractivity contribution is 0.222. The maximum Gasteiger partial charge on any atom is 0.191 e. The quantitative estimate of drug-likeness (QED) is 0.366. The molecular formula is C18H27IN4OS. The van der Waals surface area contributed by atoms with Crippen molar-refractivity contribution in [2.24, 2.45) is 4.99 Å². The summed E-state index contributed by atoms with van der Waals surface area (Å²) in [6.07, 6.45) is 2.86. The highest BCUT2D eigenvalue weighted by molar-refractivity contribution is 14.0. The number of hydrogen-bond acceptors (Lipinski definition) is 4. The Labute approximate surface area is 171 Å². The van der Waals surface area contributed by atoms with Crippen molar-refractivity contribution in [1.29, 1.82) is 0 Å². The minimum atomic E-state index is 0. The molecule has 0 saturated heterocycles. The first-order valence-electron chi connectivity index (χ1n) is 8.16. The van der Waals surface area contributed by atoms with Crippen LogP contribution in [0.15, 0.2) is 35.5 Å². The lowest BCUT2D eigenvalue weighted by Crippen LogP contribution is -2.42. The lowest BCUT2D eigenvalue weighted by atomic mass is 10.2. The molecule has 138 valence electrons. The second-order valence-corrected chi connectivity index (χ2v) is 7.01. The fraction of sp³-hybridized carbons (Fsp3) is 0.444. The first kappa shape index (κ1) is 21.7. The Balaban J connectivity index is 0.00000312. The summed E-state index contributed by atoms with van der Waals surface area (Å²) in [4.78, 5) is 9.85. The molecule has 0 radical (unpaired) electrons. The first-order chi connectivity index (χ1) is 11.6. The molecule has 0 saturated carbocycles. The fourth-order valence-electron chi connectivity index (χ4n) is 2.21. The average molecular weight is 474 g/mol. The zero-order chi connectivity index (χ0) is 17.4. The monoisotopic (exact) mass is 474 g/mol. The van der Waals surface area contributed by atoms with Gasteiger partial charge in [-0.3, -0.25) is 4.99 Å². The number of hydrogen-bond donors (Lipinski definition) is 2. The summed E-state index contributed by atoms with van der Waals surface area (Å²) in [5.74, 6) is 1.71. The van der Waals surface area contributed by atoms with E-state index in [9.17, 15) is 0 Å². The van der Waals surface area contributed by atoms with Crippen molar-refractivity contribution in [3.8, 4) is 5.75 Å². The Morgan fingerprint density at radius 1 is 1.28 bits per heavy atom. The Bertz CT molecular complexity index is 675. The largest absolute Gasteiger partial charge is 0.489 e. The smallest absolute Gasteiger partial charge is 0.191 e. The molecule has 0 spiro atoms. The number of guanidine groups is 1. The van der Waals surface area contributed by atoms with Crippen LogP contribution in [0.4, 0.5) is 0 Å². The highest BCUT2D eigenvalue weighted by Crippen LogP contribution is 2.17. The molecule has 0 amide bonds. The van der Waals surface area contributed by atoms with Gasteiger partial charge in [0.05, 0.1) is 11.6 Å². The summed E-state index contributed by atoms with van der Waals surface area (Å²) in [6.45, 7) is 7.66. The van der Waals surface area contributed by atoms with Crippen molar-refractivity contribution >= 4 is 41.3 Å². The third-order valence-electron chi connectivity index (χ3n) is 3.50. The number of thiazole rings is 1. The van der Waals surface area contributed by atoms with Crippen LogP contribution in [0.3, 0.4) is 0 Å². The maximum absolute atomic E-state index is 5.96. The number of aryl methyl sites for hydroxylation is 2. The van der Waals surface area contributed by atoms with Gasteiger partial charge in [0.25, 0.3) is 0 Å². The van der Waals surface area contributed by atoms with E-state index in [1.807, 2.05) is 31.3 Å². The van der Waals surface area contributed by atoms with Gasteiger partial charge in [0, 0.05) is 31.1 Å². The molecule has 2 rings (SSSR count). The normalized spacial score (nSPS) is 12.2. The molecule has 0 fully saturated rings. The van der Waals surface area contributed by atoms with Crippen molar-refractivity contribution in [2.75, 3.05) is 20.1 Å². The van der Waals surface area contributed by atoms with Gasteiger partial charge in [-0.1, -0.05) is 18.2 Å². The number of benzene rings is 1. The molecule has 0 aliphatic heterocycles. The Kier molecular flexibility index (Phi) is 9.81. The van der Waals surface area contributed by atoms with Crippen molar-refractivity contribution in [1.82, 2.24) is 15.6 Å². The number of rotatable bonds is 7. The van der Waals surface area contributed by atoms with Crippen LogP contribution in [0.25, 0.3) is 0 Å². The summed E-state index contributed by atoms with van der Waals surface area (Å²) in [5, 5.41) is 7.75. The first-order valence-corrected chi connectivity index (χ1v) is 8.98. The molecule has 2 N–H and O–H groups in total. The summed E-state index contributed by atoms with van der Waals surface area (Å²) in [6, 6.07) is 8.05. The highest BCUT2D eigenvalue weighted by Gasteiger charge is 2.07. The number of aromatic nitrogens is 1. The minimum Gasteiger partial charge on any atom is -0.489 e. The molecule has 2 aromatic rings. The molecule has 1 aromatic carbocycles. The van der Waals surface area contributed by atoms with Crippen molar-refractivity contribution in [3.05, 3.63) is 45.9 Å². The van der Waals surface area contributed by atoms with E-state index in [1.54, 1.807) is 18.4 Å². The molecule has 1 heterocycles. The van der Waals surface area contributed by atoms with Crippen LogP contribution in [0.2, 0.25) is 0 Å². The number of para-hydroxylation sites is 1. The second kappa shape index (κ2) is 11.3. The number of nitrogens with zero attached hydrogens (tertiary/aromatic N) is 2. The standard InChI is InChI=1S/C18H26N4OS.HI/c1-13-7-5-6-8-16(13)23-14(2)11-22-18(19-4)20-10-9-17-21-12-15(3)24-17;/h5-8,12,14H,9-11H2,1-4H3,(H2,19,20,22);1H. The molecule has 0 bridgehead atoms. The van der Waals surface area contributed by atoms with Crippen LogP contribution in [-0.4, -0.2) is 37.2 Å². The molecule has 7 heteroatoms. The van der Waals surface area contributed by atoms with E-state index in [0.717, 1.165) is 35.2 Å². The second-order valence-electron chi connectivity index (χ2n) is 5.69. The van der Waals surface area contributed by atoms with Crippen molar-refractivity contribution in [2.45, 2.75) is 33.3 Å². The van der Waals surface area contributed by atoms with Gasteiger partial charge in [0.1, 0.15) is 11.9 Å². The molecule has 0 aliphatic carbocycles. The minimum absolute atomic E-state index is 0. The van der Waals surface area contributed by atoms with E-state index in [4.69, 9.17) is 4.74 Å². The molecule has 0 aliphatic rings. The van der Waals surface area contributed by atoms with Gasteiger partial charge in [0.2, 0.25) is 0 Å². The van der Waals surface area contributed by atoms with Gasteiger partial charge in [-0.05, 0) is 32.4 Å². The van der Waals surface area contributed by atoms with Crippen LogP contribution in [0, 0.1) is 13.8 Å². The maximum atomic E-state index is 5.96. The summed E-state index contributed by atoms with van der Waals surface area (Å²) >= 11 is 1.74. The van der Waals surface area contributed by atoms with Crippen LogP contribution in [0.5, 0.6) is 5.75 Å². The third kappa shape index (κ3) is 7.60. The number of ether oxygens (including phenoxy) is 1. The summed E-state index contributed by atoms with van der Waals surface area (Å²) in [5.41, 5.74) is 1.14. The average Bonchev–Trinajstić information content (AvgIpc) is 2.98. The van der Waals surface area contributed by atoms with E-state index in [0.29, 0.717) is 6.54 Å². The molecule has 1 unspecified atom stereocenters. The molecule has 5 nitrogen and oxygen atoms in total. The van der Waals surface area contributed by atoms with Crippen LogP contribution < -0.4 is 15.4 Å². The van der Waals surface area contributed by atoms with E-state index in [1.165, 1.54) is 4.88 Å². The molecule has 25 heavy (non-hydrogen) atoms. The highest BCUT2D eigenvalue weighted by atomic mass is 127. The van der Waals surface area contributed by atoms with Crippen molar-refractivity contribution < 1.29 is 4.74 Å². The van der Waals surface area contributed by atoms with E-state index in [2.05, 4.69) is 40.5 Å². The zero-order valence-electron chi connectivity index (χ0n) is 15.2. The third-order valence-corrected chi connectivity index (χ3v) is 4.48. The lowest BCUT2D eigenvalue weighted by Gasteiger charge is -2.18. The zero-order valence-corrected chi connectivity index (χ0v) is 18.4. The molecule has 1 atom stereocenters. The number of halogens is 1. The Morgan fingerprint density at radius 2 is 2.04 bits per heavy atom. The van der Waals surface area contributed by atoms with E-state index >= 15 is 0 Å². The van der Waals surface area contributed by atoms with Gasteiger partial charge >= 0.3 is 0 Å². The topological polar surface area (TPSA) is 58.5 Å². The van der Waals surface area contributed by atoms with Crippen LogP contribution in [-0.2, 0) is 6.42 Å².